The molecule has 0 fully saturated rings. The Morgan fingerprint density at radius 1 is 1.69 bits per heavy atom. The van der Waals surface area contributed by atoms with Gasteiger partial charge in [0.1, 0.15) is 0 Å². The minimum absolute atomic E-state index is 0.126. The zero-order chi connectivity index (χ0) is 12.0. The molecule has 0 amide bonds. The molecular weight excluding hydrogens is 278 g/mol. The van der Waals surface area contributed by atoms with Crippen LogP contribution in [0.1, 0.15) is 12.8 Å². The summed E-state index contributed by atoms with van der Waals surface area (Å²) in [4.78, 5) is 18.3. The van der Waals surface area contributed by atoms with E-state index in [1.165, 1.54) is 7.11 Å². The summed E-state index contributed by atoms with van der Waals surface area (Å²) in [5, 5.41) is 11.4. The molecule has 0 aliphatic carbocycles. The fourth-order valence-electron chi connectivity index (χ4n) is 1.02. The van der Waals surface area contributed by atoms with Gasteiger partial charge in [0.15, 0.2) is 0 Å². The third-order valence-electron chi connectivity index (χ3n) is 1.76. The number of nitrogens with one attached hydrogen (secondary N) is 1. The Balaban J connectivity index is 2.45. The number of aromatic nitrogens is 2. The average molecular weight is 290 g/mol. The summed E-state index contributed by atoms with van der Waals surface area (Å²) >= 11 is 3.24. The lowest BCUT2D eigenvalue weighted by Gasteiger charge is -2.06. The van der Waals surface area contributed by atoms with Gasteiger partial charge in [-0.3, -0.25) is 4.79 Å². The number of ether oxygens (including phenoxy) is 1. The monoisotopic (exact) mass is 289 g/mol. The van der Waals surface area contributed by atoms with E-state index in [4.69, 9.17) is 9.84 Å². The van der Waals surface area contributed by atoms with Gasteiger partial charge < -0.3 is 15.2 Å². The molecule has 0 aliphatic heterocycles. The largest absolute Gasteiger partial charge is 0.481 e. The highest BCUT2D eigenvalue weighted by atomic mass is 79.9. The minimum Gasteiger partial charge on any atom is -0.481 e. The van der Waals surface area contributed by atoms with E-state index in [1.807, 2.05) is 0 Å². The number of nitrogens with zero attached hydrogens (tertiary/aromatic N) is 2. The van der Waals surface area contributed by atoms with Gasteiger partial charge >= 0.3 is 5.97 Å². The summed E-state index contributed by atoms with van der Waals surface area (Å²) in [6.07, 6.45) is 2.23. The van der Waals surface area contributed by atoms with Crippen LogP contribution >= 0.6 is 15.9 Å². The minimum atomic E-state index is -0.809. The molecule has 1 rings (SSSR count). The fourth-order valence-corrected chi connectivity index (χ4v) is 1.37. The second-order valence-corrected chi connectivity index (χ2v) is 3.83. The molecule has 0 radical (unpaired) electrons. The highest BCUT2D eigenvalue weighted by Crippen LogP contribution is 2.21. The van der Waals surface area contributed by atoms with Crippen LogP contribution in [0.5, 0.6) is 5.88 Å². The van der Waals surface area contributed by atoms with Gasteiger partial charge in [0.05, 0.1) is 17.8 Å². The van der Waals surface area contributed by atoms with Crippen molar-refractivity contribution in [2.75, 3.05) is 19.0 Å². The topological polar surface area (TPSA) is 84.3 Å². The fraction of sp³-hybridized carbons (Fsp3) is 0.444. The number of aliphatic carboxylic acids is 1. The van der Waals surface area contributed by atoms with Crippen LogP contribution in [0, 0.1) is 0 Å². The number of anilines is 1. The van der Waals surface area contributed by atoms with E-state index in [-0.39, 0.29) is 6.42 Å². The van der Waals surface area contributed by atoms with Crippen molar-refractivity contribution in [2.45, 2.75) is 12.8 Å². The maximum absolute atomic E-state index is 10.3. The first-order chi connectivity index (χ1) is 7.63. The molecule has 0 aliphatic rings. The van der Waals surface area contributed by atoms with Crippen molar-refractivity contribution in [2.24, 2.45) is 0 Å². The SMILES string of the molecule is COc1nc(NCCCC(=O)O)ncc1Br. The van der Waals surface area contributed by atoms with Crippen molar-refractivity contribution in [1.29, 1.82) is 0 Å². The molecule has 0 atom stereocenters. The number of hydrogen-bond acceptors (Lipinski definition) is 5. The summed E-state index contributed by atoms with van der Waals surface area (Å²) in [5.74, 6) is 0.0530. The third-order valence-corrected chi connectivity index (χ3v) is 2.30. The Morgan fingerprint density at radius 2 is 2.44 bits per heavy atom. The van der Waals surface area contributed by atoms with Crippen LogP contribution in [0.4, 0.5) is 5.95 Å². The van der Waals surface area contributed by atoms with Crippen LogP contribution < -0.4 is 10.1 Å². The summed E-state index contributed by atoms with van der Waals surface area (Å²) in [5.41, 5.74) is 0. The Labute approximate surface area is 101 Å². The van der Waals surface area contributed by atoms with E-state index in [0.29, 0.717) is 29.3 Å². The number of carboxylic acid groups (broad SMARTS) is 1. The number of hydrogen-bond donors (Lipinski definition) is 2. The summed E-state index contributed by atoms with van der Waals surface area (Å²) in [6.45, 7) is 0.511. The van der Waals surface area contributed by atoms with Crippen molar-refractivity contribution >= 4 is 27.8 Å². The van der Waals surface area contributed by atoms with Gasteiger partial charge in [-0.15, -0.1) is 0 Å². The normalized spacial score (nSPS) is 9.88. The van der Waals surface area contributed by atoms with Gasteiger partial charge in [0.2, 0.25) is 11.8 Å². The predicted octanol–water partition coefficient (Wildman–Crippen LogP) is 1.52. The number of halogens is 1. The molecule has 0 saturated carbocycles. The number of carboxylic acids is 1. The number of rotatable bonds is 6. The molecule has 0 bridgehead atoms. The smallest absolute Gasteiger partial charge is 0.303 e. The first-order valence-corrected chi connectivity index (χ1v) is 5.45. The van der Waals surface area contributed by atoms with Gasteiger partial charge in [-0.05, 0) is 22.4 Å². The maximum Gasteiger partial charge on any atom is 0.303 e. The van der Waals surface area contributed by atoms with Crippen LogP contribution in [0.2, 0.25) is 0 Å². The second-order valence-electron chi connectivity index (χ2n) is 2.97. The standard InChI is InChI=1S/C9H12BrN3O3/c1-16-8-6(10)5-12-9(13-8)11-4-2-3-7(14)15/h5H,2-4H2,1H3,(H,14,15)(H,11,12,13). The van der Waals surface area contributed by atoms with Gasteiger partial charge in [-0.25, -0.2) is 4.98 Å². The molecule has 0 spiro atoms. The quantitative estimate of drug-likeness (QED) is 0.773. The van der Waals surface area contributed by atoms with E-state index in [0.717, 1.165) is 0 Å². The zero-order valence-corrected chi connectivity index (χ0v) is 10.3. The van der Waals surface area contributed by atoms with Gasteiger partial charge in [-0.1, -0.05) is 0 Å². The highest BCUT2D eigenvalue weighted by Gasteiger charge is 2.04. The Hall–Kier alpha value is -1.37. The van der Waals surface area contributed by atoms with E-state index in [9.17, 15) is 4.79 Å². The molecule has 0 unspecified atom stereocenters. The molecular formula is C9H12BrN3O3. The van der Waals surface area contributed by atoms with Crippen LogP contribution in [0.15, 0.2) is 10.7 Å². The number of methoxy groups -OCH3 is 1. The lowest BCUT2D eigenvalue weighted by Crippen LogP contribution is -2.08. The van der Waals surface area contributed by atoms with Crippen molar-refractivity contribution < 1.29 is 14.6 Å². The predicted molar refractivity (Wildman–Crippen MR) is 61.6 cm³/mol. The lowest BCUT2D eigenvalue weighted by atomic mass is 10.3. The van der Waals surface area contributed by atoms with E-state index in [2.05, 4.69) is 31.2 Å². The van der Waals surface area contributed by atoms with Crippen LogP contribution in [-0.2, 0) is 4.79 Å². The maximum atomic E-state index is 10.3. The molecule has 16 heavy (non-hydrogen) atoms. The lowest BCUT2D eigenvalue weighted by molar-refractivity contribution is -0.137. The Kier molecular flexibility index (Phi) is 4.97. The Morgan fingerprint density at radius 3 is 3.06 bits per heavy atom. The zero-order valence-electron chi connectivity index (χ0n) is 8.73. The van der Waals surface area contributed by atoms with E-state index < -0.39 is 5.97 Å². The van der Waals surface area contributed by atoms with Gasteiger partial charge in [-0.2, -0.15) is 4.98 Å². The van der Waals surface area contributed by atoms with E-state index >= 15 is 0 Å². The molecule has 0 saturated heterocycles. The summed E-state index contributed by atoms with van der Waals surface area (Å²) in [6, 6.07) is 0. The first kappa shape index (κ1) is 12.7. The summed E-state index contributed by atoms with van der Waals surface area (Å²) < 4.78 is 5.67. The Bertz CT molecular complexity index is 373. The van der Waals surface area contributed by atoms with Crippen LogP contribution in [0.25, 0.3) is 0 Å². The molecule has 88 valence electrons. The van der Waals surface area contributed by atoms with E-state index in [1.54, 1.807) is 6.20 Å². The van der Waals surface area contributed by atoms with Crippen molar-refractivity contribution in [3.8, 4) is 5.88 Å². The molecule has 2 N–H and O–H groups in total. The van der Waals surface area contributed by atoms with Crippen molar-refractivity contribution in [3.63, 3.8) is 0 Å². The molecule has 1 aromatic heterocycles. The molecule has 1 aromatic rings. The van der Waals surface area contributed by atoms with Crippen LogP contribution in [0.3, 0.4) is 0 Å². The average Bonchev–Trinajstić information content (AvgIpc) is 2.26. The van der Waals surface area contributed by atoms with Crippen LogP contribution in [-0.4, -0.2) is 34.7 Å². The molecule has 6 nitrogen and oxygen atoms in total. The molecule has 7 heteroatoms. The highest BCUT2D eigenvalue weighted by molar-refractivity contribution is 9.10. The third kappa shape index (κ3) is 4.01. The second kappa shape index (κ2) is 6.26. The molecule has 1 heterocycles. The number of carbonyl (C=O) groups is 1. The van der Waals surface area contributed by atoms with Crippen molar-refractivity contribution in [1.82, 2.24) is 9.97 Å². The van der Waals surface area contributed by atoms with Gasteiger partial charge in [0.25, 0.3) is 0 Å². The first-order valence-electron chi connectivity index (χ1n) is 4.65. The van der Waals surface area contributed by atoms with Gasteiger partial charge in [0, 0.05) is 13.0 Å². The van der Waals surface area contributed by atoms with Crippen molar-refractivity contribution in [3.05, 3.63) is 10.7 Å². The molecule has 0 aromatic carbocycles. The summed E-state index contributed by atoms with van der Waals surface area (Å²) in [7, 11) is 1.52.